The fourth-order valence-corrected chi connectivity index (χ4v) is 3.90. The number of nitrogens with one attached hydrogen (secondary N) is 1. The number of tetrazole rings is 1. The number of halogens is 1. The molecule has 3 aromatic carbocycles. The third kappa shape index (κ3) is 6.39. The van der Waals surface area contributed by atoms with Gasteiger partial charge in [-0.25, -0.2) is 4.39 Å². The summed E-state index contributed by atoms with van der Waals surface area (Å²) in [6.45, 7) is 7.07. The second kappa shape index (κ2) is 10.8. The number of aromatic hydroxyl groups is 1. The van der Waals surface area contributed by atoms with E-state index in [2.05, 4.69) is 20.7 Å². The Morgan fingerprint density at radius 2 is 1.74 bits per heavy atom. The average molecular weight is 517 g/mol. The molecule has 0 aliphatic heterocycles. The van der Waals surface area contributed by atoms with Crippen LogP contribution in [0.4, 0.5) is 10.1 Å². The van der Waals surface area contributed by atoms with Crippen molar-refractivity contribution in [1.29, 1.82) is 0 Å². The van der Waals surface area contributed by atoms with Gasteiger partial charge in [-0.2, -0.15) is 4.80 Å². The lowest BCUT2D eigenvalue weighted by Crippen LogP contribution is -2.50. The van der Waals surface area contributed by atoms with Crippen LogP contribution in [0.2, 0.25) is 0 Å². The van der Waals surface area contributed by atoms with Gasteiger partial charge in [-0.1, -0.05) is 48.0 Å². The first kappa shape index (κ1) is 26.5. The van der Waals surface area contributed by atoms with Crippen LogP contribution in [0.3, 0.4) is 0 Å². The molecule has 196 valence electrons. The summed E-state index contributed by atoms with van der Waals surface area (Å²) < 4.78 is 14.3. The van der Waals surface area contributed by atoms with E-state index in [1.807, 2.05) is 52.0 Å². The molecule has 0 saturated carbocycles. The normalized spacial score (nSPS) is 12.1. The molecule has 0 spiro atoms. The Balaban J connectivity index is 1.74. The van der Waals surface area contributed by atoms with E-state index in [9.17, 15) is 19.1 Å². The van der Waals surface area contributed by atoms with Gasteiger partial charge in [0.15, 0.2) is 0 Å². The summed E-state index contributed by atoms with van der Waals surface area (Å²) in [5.41, 5.74) is 1.81. The number of aryl methyl sites for hydroxylation is 1. The Morgan fingerprint density at radius 1 is 1.05 bits per heavy atom. The van der Waals surface area contributed by atoms with Gasteiger partial charge in [-0.3, -0.25) is 14.5 Å². The van der Waals surface area contributed by atoms with Crippen LogP contribution in [-0.2, 0) is 16.1 Å². The highest BCUT2D eigenvalue weighted by atomic mass is 19.1. The minimum absolute atomic E-state index is 0.00260. The van der Waals surface area contributed by atoms with Crippen LogP contribution in [0.25, 0.3) is 11.4 Å². The number of nitrogens with zero attached hydrogens (tertiary/aromatic N) is 5. The van der Waals surface area contributed by atoms with E-state index in [4.69, 9.17) is 0 Å². The van der Waals surface area contributed by atoms with Crippen molar-refractivity contribution in [2.45, 2.75) is 45.8 Å². The lowest BCUT2D eigenvalue weighted by molar-refractivity contribution is -0.128. The van der Waals surface area contributed by atoms with Crippen molar-refractivity contribution in [2.24, 2.45) is 0 Å². The van der Waals surface area contributed by atoms with E-state index in [1.165, 1.54) is 35.2 Å². The Hall–Kier alpha value is -4.60. The van der Waals surface area contributed by atoms with Gasteiger partial charge in [0.05, 0.1) is 0 Å². The zero-order valence-corrected chi connectivity index (χ0v) is 21.6. The highest BCUT2D eigenvalue weighted by Crippen LogP contribution is 2.30. The number of amides is 2. The zero-order valence-electron chi connectivity index (χ0n) is 21.6. The molecule has 0 saturated heterocycles. The van der Waals surface area contributed by atoms with Crippen LogP contribution in [0.15, 0.2) is 72.8 Å². The summed E-state index contributed by atoms with van der Waals surface area (Å²) in [5, 5.41) is 25.1. The third-order valence-electron chi connectivity index (χ3n) is 5.61. The van der Waals surface area contributed by atoms with Crippen molar-refractivity contribution in [3.8, 4) is 17.1 Å². The molecule has 0 aliphatic rings. The fraction of sp³-hybridized carbons (Fsp3) is 0.250. The maximum absolute atomic E-state index is 14.3. The van der Waals surface area contributed by atoms with Crippen LogP contribution in [-0.4, -0.2) is 42.7 Å². The number of hydrogen-bond acceptors (Lipinski definition) is 6. The smallest absolute Gasteiger partial charge is 0.251 e. The Morgan fingerprint density at radius 3 is 2.37 bits per heavy atom. The van der Waals surface area contributed by atoms with E-state index >= 15 is 0 Å². The van der Waals surface area contributed by atoms with Crippen LogP contribution >= 0.6 is 0 Å². The molecule has 0 fully saturated rings. The maximum Gasteiger partial charge on any atom is 0.251 e. The summed E-state index contributed by atoms with van der Waals surface area (Å²) in [5.74, 6) is -1.27. The van der Waals surface area contributed by atoms with E-state index in [0.29, 0.717) is 11.4 Å². The predicted molar refractivity (Wildman–Crippen MR) is 141 cm³/mol. The molecule has 1 atom stereocenters. The summed E-state index contributed by atoms with van der Waals surface area (Å²) in [7, 11) is 0. The second-order valence-electron chi connectivity index (χ2n) is 9.99. The fourth-order valence-electron chi connectivity index (χ4n) is 3.90. The molecule has 2 amide bonds. The molecule has 4 rings (SSSR count). The molecular weight excluding hydrogens is 487 g/mol. The number of carbonyl (C=O) groups excluding carboxylic acids is 2. The number of phenols is 1. The molecule has 0 aliphatic carbocycles. The molecule has 0 bridgehead atoms. The lowest BCUT2D eigenvalue weighted by Gasteiger charge is -2.33. The van der Waals surface area contributed by atoms with Crippen LogP contribution in [0, 0.1) is 12.7 Å². The number of benzene rings is 3. The van der Waals surface area contributed by atoms with Crippen molar-refractivity contribution in [2.75, 3.05) is 4.90 Å². The summed E-state index contributed by atoms with van der Waals surface area (Å²) >= 11 is 0. The van der Waals surface area contributed by atoms with Gasteiger partial charge in [-0.15, -0.1) is 10.2 Å². The van der Waals surface area contributed by atoms with Gasteiger partial charge in [0.2, 0.25) is 11.7 Å². The SMILES string of the molecule is Cc1ccc(-c2nnn(CC(=O)N(c3cccc(F)c3)[C@H](C(=O)NC(C)(C)C)c3ccc(O)cc3)n2)cc1. The number of carbonyl (C=O) groups is 2. The average Bonchev–Trinajstić information content (AvgIpc) is 3.30. The number of phenolic OH excluding ortho intramolecular Hbond substituents is 1. The Bertz CT molecular complexity index is 1430. The molecule has 1 heterocycles. The van der Waals surface area contributed by atoms with Crippen molar-refractivity contribution < 1.29 is 19.1 Å². The van der Waals surface area contributed by atoms with Gasteiger partial charge in [0.1, 0.15) is 24.2 Å². The number of rotatable bonds is 7. The molecular formula is C28H29FN6O3. The van der Waals surface area contributed by atoms with Gasteiger partial charge < -0.3 is 10.4 Å². The molecule has 0 radical (unpaired) electrons. The van der Waals surface area contributed by atoms with Crippen molar-refractivity contribution in [1.82, 2.24) is 25.5 Å². The molecule has 2 N–H and O–H groups in total. The topological polar surface area (TPSA) is 113 Å². The third-order valence-corrected chi connectivity index (χ3v) is 5.61. The standard InChI is InChI=1S/C28H29FN6O3/c1-18-8-10-20(11-9-18)26-31-33-34(32-26)17-24(37)35(22-7-5-6-21(29)16-22)25(27(38)30-28(2,3)4)19-12-14-23(36)15-13-19/h5-16,25,36H,17H2,1-4H3,(H,30,38)/t25-/m0/s1. The summed E-state index contributed by atoms with van der Waals surface area (Å²) in [6, 6.07) is 17.8. The highest BCUT2D eigenvalue weighted by molar-refractivity contribution is 6.01. The quantitative estimate of drug-likeness (QED) is 0.381. The lowest BCUT2D eigenvalue weighted by atomic mass is 10.0. The predicted octanol–water partition coefficient (Wildman–Crippen LogP) is 4.18. The number of hydrogen-bond donors (Lipinski definition) is 2. The van der Waals surface area contributed by atoms with Crippen LogP contribution in [0.1, 0.15) is 37.9 Å². The Labute approximate surface area is 219 Å². The van der Waals surface area contributed by atoms with E-state index in [0.717, 1.165) is 15.9 Å². The highest BCUT2D eigenvalue weighted by Gasteiger charge is 2.35. The maximum atomic E-state index is 14.3. The molecule has 10 heteroatoms. The van der Waals surface area contributed by atoms with E-state index in [1.54, 1.807) is 18.2 Å². The first-order chi connectivity index (χ1) is 18.0. The Kier molecular flexibility index (Phi) is 7.52. The van der Waals surface area contributed by atoms with Gasteiger partial charge in [-0.05, 0) is 68.8 Å². The van der Waals surface area contributed by atoms with E-state index < -0.39 is 29.2 Å². The van der Waals surface area contributed by atoms with Gasteiger partial charge in [0, 0.05) is 16.8 Å². The van der Waals surface area contributed by atoms with Crippen LogP contribution in [0.5, 0.6) is 5.75 Å². The van der Waals surface area contributed by atoms with Crippen molar-refractivity contribution in [3.63, 3.8) is 0 Å². The molecule has 0 unspecified atom stereocenters. The molecule has 1 aromatic heterocycles. The van der Waals surface area contributed by atoms with E-state index in [-0.39, 0.29) is 18.0 Å². The first-order valence-corrected chi connectivity index (χ1v) is 12.0. The largest absolute Gasteiger partial charge is 0.508 e. The van der Waals surface area contributed by atoms with Gasteiger partial charge >= 0.3 is 0 Å². The van der Waals surface area contributed by atoms with Crippen LogP contribution < -0.4 is 10.2 Å². The van der Waals surface area contributed by atoms with Gasteiger partial charge in [0.25, 0.3) is 5.91 Å². The molecule has 9 nitrogen and oxygen atoms in total. The summed E-state index contributed by atoms with van der Waals surface area (Å²) in [4.78, 5) is 29.8. The first-order valence-electron chi connectivity index (χ1n) is 12.0. The zero-order chi connectivity index (χ0) is 27.4. The van der Waals surface area contributed by atoms with Crippen molar-refractivity contribution in [3.05, 3.63) is 89.7 Å². The number of anilines is 1. The minimum Gasteiger partial charge on any atom is -0.508 e. The second-order valence-corrected chi connectivity index (χ2v) is 9.99. The number of aromatic nitrogens is 4. The minimum atomic E-state index is -1.18. The van der Waals surface area contributed by atoms with Crippen molar-refractivity contribution >= 4 is 17.5 Å². The molecule has 4 aromatic rings. The monoisotopic (exact) mass is 516 g/mol. The summed E-state index contributed by atoms with van der Waals surface area (Å²) in [6.07, 6.45) is 0. The molecule has 38 heavy (non-hydrogen) atoms.